The molecule has 0 aliphatic heterocycles. The summed E-state index contributed by atoms with van der Waals surface area (Å²) < 4.78 is 41.5. The number of rotatable bonds is 0. The van der Waals surface area contributed by atoms with Gasteiger partial charge in [0.05, 0.1) is 0 Å². The molecule has 2 nitrogen and oxygen atoms in total. The van der Waals surface area contributed by atoms with Gasteiger partial charge in [-0.15, -0.1) is 0 Å². The first-order chi connectivity index (χ1) is 6.09. The minimum Gasteiger partial charge on any atom is -0.361 e. The normalized spacial score (nSPS) is 17.2. The van der Waals surface area contributed by atoms with Crippen LogP contribution in [0, 0.1) is 0 Å². The van der Waals surface area contributed by atoms with Crippen molar-refractivity contribution in [2.45, 2.75) is 31.9 Å². The fourth-order valence-electron chi connectivity index (χ4n) is 1.61. The molecule has 1 heterocycles. The van der Waals surface area contributed by atoms with Gasteiger partial charge >= 0.3 is 6.18 Å². The van der Waals surface area contributed by atoms with Crippen molar-refractivity contribution in [3.8, 4) is 0 Å². The standard InChI is InChI=1S/C8H8F3NO/c9-8(10,11)7-5-3-1-2-4-6(5)13-12-7/h1-4H2. The van der Waals surface area contributed by atoms with Crippen LogP contribution in [0.5, 0.6) is 0 Å². The Bertz CT molecular complexity index is 316. The predicted molar refractivity (Wildman–Crippen MR) is 38.1 cm³/mol. The molecule has 0 bridgehead atoms. The molecule has 0 N–H and O–H groups in total. The Labute approximate surface area is 72.7 Å². The Hall–Kier alpha value is -1.00. The van der Waals surface area contributed by atoms with Gasteiger partial charge in [0, 0.05) is 12.0 Å². The van der Waals surface area contributed by atoms with Crippen LogP contribution in [0.4, 0.5) is 13.2 Å². The van der Waals surface area contributed by atoms with E-state index in [4.69, 9.17) is 0 Å². The maximum Gasteiger partial charge on any atom is 0.437 e. The van der Waals surface area contributed by atoms with Crippen molar-refractivity contribution in [3.05, 3.63) is 17.0 Å². The minimum absolute atomic E-state index is 0.263. The van der Waals surface area contributed by atoms with Crippen molar-refractivity contribution in [1.82, 2.24) is 5.16 Å². The van der Waals surface area contributed by atoms with Crippen LogP contribution in [0.15, 0.2) is 4.52 Å². The third-order valence-corrected chi connectivity index (χ3v) is 2.22. The molecule has 72 valence electrons. The molecule has 5 heteroatoms. The van der Waals surface area contributed by atoms with E-state index in [0.29, 0.717) is 18.6 Å². The zero-order valence-electron chi connectivity index (χ0n) is 6.82. The van der Waals surface area contributed by atoms with E-state index in [0.717, 1.165) is 12.8 Å². The second-order valence-corrected chi connectivity index (χ2v) is 3.14. The average molecular weight is 191 g/mol. The third kappa shape index (κ3) is 1.43. The van der Waals surface area contributed by atoms with E-state index in [9.17, 15) is 13.2 Å². The van der Waals surface area contributed by atoms with Gasteiger partial charge < -0.3 is 4.52 Å². The van der Waals surface area contributed by atoms with E-state index >= 15 is 0 Å². The second-order valence-electron chi connectivity index (χ2n) is 3.14. The number of aryl methyl sites for hydroxylation is 1. The SMILES string of the molecule is FC(F)(F)c1noc2c1CCCC2. The molecular weight excluding hydrogens is 183 g/mol. The molecule has 2 rings (SSSR count). The molecule has 1 aromatic heterocycles. The van der Waals surface area contributed by atoms with Crippen molar-refractivity contribution in [3.63, 3.8) is 0 Å². The van der Waals surface area contributed by atoms with Gasteiger partial charge in [-0.25, -0.2) is 0 Å². The number of nitrogens with zero attached hydrogens (tertiary/aromatic N) is 1. The lowest BCUT2D eigenvalue weighted by Crippen LogP contribution is -2.11. The molecule has 1 aliphatic carbocycles. The van der Waals surface area contributed by atoms with Crippen LogP contribution in [0.3, 0.4) is 0 Å². The smallest absolute Gasteiger partial charge is 0.361 e. The van der Waals surface area contributed by atoms with Gasteiger partial charge in [-0.2, -0.15) is 13.2 Å². The monoisotopic (exact) mass is 191 g/mol. The second kappa shape index (κ2) is 2.75. The molecule has 0 saturated heterocycles. The van der Waals surface area contributed by atoms with Crippen LogP contribution in [-0.2, 0) is 19.0 Å². The summed E-state index contributed by atoms with van der Waals surface area (Å²) >= 11 is 0. The van der Waals surface area contributed by atoms with Crippen LogP contribution in [0.2, 0.25) is 0 Å². The Morgan fingerprint density at radius 2 is 1.85 bits per heavy atom. The molecule has 0 radical (unpaired) electrons. The third-order valence-electron chi connectivity index (χ3n) is 2.22. The lowest BCUT2D eigenvalue weighted by atomic mass is 9.96. The van der Waals surface area contributed by atoms with Crippen molar-refractivity contribution < 1.29 is 17.7 Å². The summed E-state index contributed by atoms with van der Waals surface area (Å²) in [6, 6.07) is 0. The van der Waals surface area contributed by atoms with E-state index < -0.39 is 11.9 Å². The van der Waals surface area contributed by atoms with Crippen LogP contribution in [0.1, 0.15) is 29.9 Å². The van der Waals surface area contributed by atoms with Gasteiger partial charge in [0.25, 0.3) is 0 Å². The molecule has 0 spiro atoms. The van der Waals surface area contributed by atoms with E-state index in [-0.39, 0.29) is 5.56 Å². The highest BCUT2D eigenvalue weighted by Gasteiger charge is 2.39. The molecule has 0 amide bonds. The average Bonchev–Trinajstić information content (AvgIpc) is 2.45. The van der Waals surface area contributed by atoms with Crippen LogP contribution >= 0.6 is 0 Å². The number of halogens is 3. The highest BCUT2D eigenvalue weighted by Crippen LogP contribution is 2.35. The molecule has 13 heavy (non-hydrogen) atoms. The van der Waals surface area contributed by atoms with E-state index in [2.05, 4.69) is 9.68 Å². The topological polar surface area (TPSA) is 26.0 Å². The Balaban J connectivity index is 2.43. The molecule has 1 aromatic rings. The van der Waals surface area contributed by atoms with Crippen LogP contribution in [0.25, 0.3) is 0 Å². The first kappa shape index (κ1) is 8.59. The first-order valence-electron chi connectivity index (χ1n) is 4.13. The summed E-state index contributed by atoms with van der Waals surface area (Å²) in [5.41, 5.74) is -0.569. The Kier molecular flexibility index (Phi) is 1.82. The lowest BCUT2D eigenvalue weighted by Gasteiger charge is -2.10. The summed E-state index contributed by atoms with van der Waals surface area (Å²) in [4.78, 5) is 0. The van der Waals surface area contributed by atoms with Crippen LogP contribution < -0.4 is 0 Å². The highest BCUT2D eigenvalue weighted by atomic mass is 19.4. The number of aromatic nitrogens is 1. The fraction of sp³-hybridized carbons (Fsp3) is 0.625. The fourth-order valence-corrected chi connectivity index (χ4v) is 1.61. The van der Waals surface area contributed by atoms with E-state index in [1.165, 1.54) is 0 Å². The molecule has 1 aliphatic rings. The molecule has 0 unspecified atom stereocenters. The van der Waals surface area contributed by atoms with Gasteiger partial charge in [0.2, 0.25) is 0 Å². The quantitative estimate of drug-likeness (QED) is 0.629. The van der Waals surface area contributed by atoms with Gasteiger partial charge in [-0.05, 0) is 19.3 Å². The van der Waals surface area contributed by atoms with Crippen molar-refractivity contribution in [2.24, 2.45) is 0 Å². The molecular formula is C8H8F3NO. The van der Waals surface area contributed by atoms with Gasteiger partial charge in [-0.1, -0.05) is 5.16 Å². The van der Waals surface area contributed by atoms with Crippen LogP contribution in [-0.4, -0.2) is 5.16 Å². The van der Waals surface area contributed by atoms with Crippen molar-refractivity contribution >= 4 is 0 Å². The molecule has 0 aromatic carbocycles. The van der Waals surface area contributed by atoms with Gasteiger partial charge in [-0.3, -0.25) is 0 Å². The number of fused-ring (bicyclic) bond motifs is 1. The minimum atomic E-state index is -4.37. The molecule has 0 saturated carbocycles. The summed E-state index contributed by atoms with van der Waals surface area (Å²) in [6.45, 7) is 0. The lowest BCUT2D eigenvalue weighted by molar-refractivity contribution is -0.143. The van der Waals surface area contributed by atoms with E-state index in [1.807, 2.05) is 0 Å². The summed E-state index contributed by atoms with van der Waals surface area (Å²) in [5.74, 6) is 0.415. The maximum atomic E-state index is 12.3. The van der Waals surface area contributed by atoms with Crippen molar-refractivity contribution in [2.75, 3.05) is 0 Å². The maximum absolute atomic E-state index is 12.3. The van der Waals surface area contributed by atoms with Gasteiger partial charge in [0.1, 0.15) is 5.76 Å². The Morgan fingerprint density at radius 1 is 1.15 bits per heavy atom. The zero-order valence-corrected chi connectivity index (χ0v) is 6.82. The number of alkyl halides is 3. The van der Waals surface area contributed by atoms with E-state index in [1.54, 1.807) is 0 Å². The number of hydrogen-bond donors (Lipinski definition) is 0. The van der Waals surface area contributed by atoms with Gasteiger partial charge in [0.15, 0.2) is 5.69 Å². The van der Waals surface area contributed by atoms with Crippen molar-refractivity contribution in [1.29, 1.82) is 0 Å². The first-order valence-corrected chi connectivity index (χ1v) is 4.13. The Morgan fingerprint density at radius 3 is 2.54 bits per heavy atom. The number of hydrogen-bond acceptors (Lipinski definition) is 2. The largest absolute Gasteiger partial charge is 0.437 e. The summed E-state index contributed by atoms with van der Waals surface area (Å²) in [7, 11) is 0. The zero-order chi connectivity index (χ0) is 9.47. The predicted octanol–water partition coefficient (Wildman–Crippen LogP) is 2.57. The molecule has 0 fully saturated rings. The highest BCUT2D eigenvalue weighted by molar-refractivity contribution is 5.27. The summed E-state index contributed by atoms with van der Waals surface area (Å²) in [5, 5.41) is 3.07. The molecule has 0 atom stereocenters. The summed E-state index contributed by atoms with van der Waals surface area (Å²) in [6.07, 6.45) is -1.67.